The van der Waals surface area contributed by atoms with Gasteiger partial charge in [0.05, 0.1) is 32.4 Å². The molecule has 5 heteroatoms. The van der Waals surface area contributed by atoms with E-state index in [4.69, 9.17) is 4.55 Å². The number of piperidine rings is 1. The summed E-state index contributed by atoms with van der Waals surface area (Å²) in [7, 11) is -3.67. The van der Waals surface area contributed by atoms with Crippen LogP contribution in [0.4, 0.5) is 0 Å². The molecule has 1 N–H and O–H groups in total. The molecule has 1 aliphatic heterocycles. The van der Waals surface area contributed by atoms with Gasteiger partial charge in [-0.3, -0.25) is 4.55 Å². The van der Waals surface area contributed by atoms with Crippen molar-refractivity contribution in [3.05, 3.63) is 0 Å². The van der Waals surface area contributed by atoms with Gasteiger partial charge in [-0.15, -0.1) is 0 Å². The van der Waals surface area contributed by atoms with E-state index in [2.05, 4.69) is 13.8 Å². The molecule has 4 nitrogen and oxygen atoms in total. The highest BCUT2D eigenvalue weighted by Crippen LogP contribution is 2.21. The van der Waals surface area contributed by atoms with E-state index in [0.717, 1.165) is 0 Å². The van der Waals surface area contributed by atoms with Crippen LogP contribution >= 0.6 is 0 Å². The Morgan fingerprint density at radius 1 is 0.818 bits per heavy atom. The minimum absolute atomic E-state index is 0.715. The lowest BCUT2D eigenvalue weighted by Crippen LogP contribution is -2.52. The van der Waals surface area contributed by atoms with Gasteiger partial charge in [0.15, 0.2) is 0 Å². The van der Waals surface area contributed by atoms with Crippen LogP contribution in [0.15, 0.2) is 0 Å². The van der Waals surface area contributed by atoms with Gasteiger partial charge in [0, 0.05) is 0 Å². The summed E-state index contributed by atoms with van der Waals surface area (Å²) in [6, 6.07) is 0. The van der Waals surface area contributed by atoms with E-state index in [1.807, 2.05) is 0 Å². The second-order valence-electron chi connectivity index (χ2n) is 6.80. The van der Waals surface area contributed by atoms with Crippen molar-refractivity contribution in [2.75, 3.05) is 32.4 Å². The molecule has 22 heavy (non-hydrogen) atoms. The predicted octanol–water partition coefficient (Wildman–Crippen LogP) is 4.26. The minimum Gasteiger partial charge on any atom is -0.324 e. The Kier molecular flexibility index (Phi) is 12.2. The SMILES string of the molecule is CCCCCCC[N+]1(CCCC)CCCCC1.CS(=O)(=O)O. The Morgan fingerprint density at radius 3 is 1.77 bits per heavy atom. The first-order valence-electron chi connectivity index (χ1n) is 9.10. The van der Waals surface area contributed by atoms with Crippen LogP contribution in [0.1, 0.15) is 78.1 Å². The van der Waals surface area contributed by atoms with Gasteiger partial charge >= 0.3 is 0 Å². The van der Waals surface area contributed by atoms with Gasteiger partial charge in [0.2, 0.25) is 0 Å². The van der Waals surface area contributed by atoms with Crippen LogP contribution in [0.5, 0.6) is 0 Å². The number of nitrogens with zero attached hydrogens (tertiary/aromatic N) is 1. The molecule has 0 aromatic heterocycles. The maximum Gasteiger partial charge on any atom is 0.261 e. The quantitative estimate of drug-likeness (QED) is 0.389. The lowest BCUT2D eigenvalue weighted by molar-refractivity contribution is -0.932. The van der Waals surface area contributed by atoms with E-state index in [-0.39, 0.29) is 0 Å². The average molecular weight is 337 g/mol. The lowest BCUT2D eigenvalue weighted by Gasteiger charge is -2.42. The number of hydrogen-bond acceptors (Lipinski definition) is 2. The number of unbranched alkanes of at least 4 members (excludes halogenated alkanes) is 5. The average Bonchev–Trinajstić information content (AvgIpc) is 2.44. The predicted molar refractivity (Wildman–Crippen MR) is 94.7 cm³/mol. The summed E-state index contributed by atoms with van der Waals surface area (Å²) in [5.41, 5.74) is 0. The van der Waals surface area contributed by atoms with E-state index in [1.165, 1.54) is 94.9 Å². The standard InChI is InChI=1S/C16H34N.CH4O3S/c1-3-5-7-8-10-14-17(13-6-4-2)15-11-9-12-16-17;1-5(2,3)4/h3-16H2,1-2H3;1H3,(H,2,3,4)/q+1;. The number of quaternary nitrogens is 1. The van der Waals surface area contributed by atoms with Crippen LogP contribution in [0.2, 0.25) is 0 Å². The molecule has 1 rings (SSSR count). The summed E-state index contributed by atoms with van der Waals surface area (Å²) < 4.78 is 27.3. The zero-order valence-corrected chi connectivity index (χ0v) is 15.8. The lowest BCUT2D eigenvalue weighted by atomic mass is 10.0. The third-order valence-electron chi connectivity index (χ3n) is 4.49. The van der Waals surface area contributed by atoms with Gasteiger partial charge in [-0.05, 0) is 38.5 Å². The van der Waals surface area contributed by atoms with Crippen molar-refractivity contribution in [3.8, 4) is 0 Å². The van der Waals surface area contributed by atoms with Gasteiger partial charge in [-0.25, -0.2) is 0 Å². The first-order valence-corrected chi connectivity index (χ1v) is 11.0. The highest BCUT2D eigenvalue weighted by Gasteiger charge is 2.28. The van der Waals surface area contributed by atoms with E-state index < -0.39 is 10.1 Å². The zero-order valence-electron chi connectivity index (χ0n) is 15.0. The number of likely N-dealkylation sites (tertiary alicyclic amines) is 1. The first-order chi connectivity index (χ1) is 10.3. The number of rotatable bonds is 9. The summed E-state index contributed by atoms with van der Waals surface area (Å²) in [6.07, 6.45) is 15.2. The highest BCUT2D eigenvalue weighted by atomic mass is 32.2. The summed E-state index contributed by atoms with van der Waals surface area (Å²) in [5, 5.41) is 0. The van der Waals surface area contributed by atoms with Gasteiger partial charge in [0.25, 0.3) is 10.1 Å². The second-order valence-corrected chi connectivity index (χ2v) is 8.26. The molecule has 1 aliphatic rings. The Labute approximate surface area is 138 Å². The third kappa shape index (κ3) is 13.5. The molecule has 0 atom stereocenters. The molecule has 1 heterocycles. The molecule has 0 aromatic carbocycles. The van der Waals surface area contributed by atoms with E-state index >= 15 is 0 Å². The monoisotopic (exact) mass is 336 g/mol. The summed E-state index contributed by atoms with van der Waals surface area (Å²) >= 11 is 0. The molecule has 0 saturated carbocycles. The first kappa shape index (κ1) is 21.9. The summed E-state index contributed by atoms with van der Waals surface area (Å²) in [4.78, 5) is 0. The Balaban J connectivity index is 0.000000763. The molecule has 0 amide bonds. The fraction of sp³-hybridized carbons (Fsp3) is 1.00. The Hall–Kier alpha value is -0.130. The van der Waals surface area contributed by atoms with Crippen LogP contribution in [0.25, 0.3) is 0 Å². The minimum atomic E-state index is -3.67. The van der Waals surface area contributed by atoms with E-state index in [0.29, 0.717) is 6.26 Å². The topological polar surface area (TPSA) is 54.4 Å². The summed E-state index contributed by atoms with van der Waals surface area (Å²) in [5.74, 6) is 0. The van der Waals surface area contributed by atoms with Crippen LogP contribution in [-0.4, -0.2) is 49.9 Å². The molecule has 1 saturated heterocycles. The molecule has 0 aliphatic carbocycles. The van der Waals surface area contributed by atoms with Gasteiger partial charge in [0.1, 0.15) is 0 Å². The molecule has 0 spiro atoms. The van der Waals surface area contributed by atoms with Gasteiger partial charge in [-0.2, -0.15) is 8.42 Å². The van der Waals surface area contributed by atoms with Gasteiger partial charge in [-0.1, -0.05) is 39.5 Å². The smallest absolute Gasteiger partial charge is 0.261 e. The normalized spacial score (nSPS) is 17.6. The van der Waals surface area contributed by atoms with Crippen LogP contribution in [0.3, 0.4) is 0 Å². The van der Waals surface area contributed by atoms with E-state index in [9.17, 15) is 8.42 Å². The molecular formula is C17H38NO3S+. The maximum absolute atomic E-state index is 9.19. The van der Waals surface area contributed by atoms with E-state index in [1.54, 1.807) is 0 Å². The molecule has 0 aromatic rings. The molecule has 0 unspecified atom stereocenters. The number of hydrogen-bond donors (Lipinski definition) is 1. The zero-order chi connectivity index (χ0) is 16.9. The van der Waals surface area contributed by atoms with Crippen molar-refractivity contribution in [1.82, 2.24) is 0 Å². The molecule has 1 fully saturated rings. The van der Waals surface area contributed by atoms with Crippen molar-refractivity contribution >= 4 is 10.1 Å². The van der Waals surface area contributed by atoms with Crippen molar-refractivity contribution < 1.29 is 17.5 Å². The van der Waals surface area contributed by atoms with Crippen LogP contribution in [0, 0.1) is 0 Å². The second kappa shape index (κ2) is 12.3. The van der Waals surface area contributed by atoms with Crippen molar-refractivity contribution in [3.63, 3.8) is 0 Å². The van der Waals surface area contributed by atoms with Crippen molar-refractivity contribution in [1.29, 1.82) is 0 Å². The largest absolute Gasteiger partial charge is 0.324 e. The van der Waals surface area contributed by atoms with Crippen LogP contribution in [-0.2, 0) is 10.1 Å². The Morgan fingerprint density at radius 2 is 1.27 bits per heavy atom. The molecule has 0 radical (unpaired) electrons. The Bertz CT molecular complexity index is 341. The molecular weight excluding hydrogens is 298 g/mol. The maximum atomic E-state index is 9.19. The fourth-order valence-corrected chi connectivity index (χ4v) is 3.29. The van der Waals surface area contributed by atoms with Crippen LogP contribution < -0.4 is 0 Å². The van der Waals surface area contributed by atoms with Gasteiger partial charge < -0.3 is 4.48 Å². The molecule has 134 valence electrons. The van der Waals surface area contributed by atoms with Crippen molar-refractivity contribution in [2.45, 2.75) is 78.1 Å². The van der Waals surface area contributed by atoms with Crippen molar-refractivity contribution in [2.24, 2.45) is 0 Å². The third-order valence-corrected chi connectivity index (χ3v) is 4.49. The highest BCUT2D eigenvalue weighted by molar-refractivity contribution is 7.85. The summed E-state index contributed by atoms with van der Waals surface area (Å²) in [6.45, 7) is 10.5. The molecule has 0 bridgehead atoms. The fourth-order valence-electron chi connectivity index (χ4n) is 3.29.